The van der Waals surface area contributed by atoms with Gasteiger partial charge in [0.15, 0.2) is 0 Å². The first-order valence-corrected chi connectivity index (χ1v) is 9.53. The Labute approximate surface area is 168 Å². The molecular weight excluding hydrogens is 403 g/mol. The van der Waals surface area contributed by atoms with E-state index in [1.807, 2.05) is 0 Å². The maximum absolute atomic E-state index is 12.7. The molecule has 8 heteroatoms. The summed E-state index contributed by atoms with van der Waals surface area (Å²) >= 11 is 1.22. The zero-order valence-electron chi connectivity index (χ0n) is 15.0. The summed E-state index contributed by atoms with van der Waals surface area (Å²) in [6.45, 7) is 0. The second-order valence-electron chi connectivity index (χ2n) is 6.44. The lowest BCUT2D eigenvalue weighted by molar-refractivity contribution is -0.140. The van der Waals surface area contributed by atoms with Crippen LogP contribution in [0.5, 0.6) is 0 Å². The van der Waals surface area contributed by atoms with Crippen molar-refractivity contribution >= 4 is 23.1 Å². The fourth-order valence-electron chi connectivity index (χ4n) is 2.86. The molecule has 1 N–H and O–H groups in total. The van der Waals surface area contributed by atoms with Crippen molar-refractivity contribution in [3.63, 3.8) is 0 Å². The van der Waals surface area contributed by atoms with Crippen LogP contribution in [0.25, 0.3) is 10.6 Å². The van der Waals surface area contributed by atoms with Crippen molar-refractivity contribution in [2.24, 2.45) is 0 Å². The topological polar surface area (TPSA) is 67.3 Å². The van der Waals surface area contributed by atoms with Gasteiger partial charge < -0.3 is 5.11 Å². The van der Waals surface area contributed by atoms with Crippen molar-refractivity contribution in [2.45, 2.75) is 24.9 Å². The van der Waals surface area contributed by atoms with Gasteiger partial charge in [-0.3, -0.25) is 9.59 Å². The Morgan fingerprint density at radius 1 is 1.03 bits per heavy atom. The number of Topliss-reactive ketones (excluding diaryl/α,β-unsaturated/α-hetero) is 1. The highest BCUT2D eigenvalue weighted by molar-refractivity contribution is 7.13. The summed E-state index contributed by atoms with van der Waals surface area (Å²) in [6.07, 6.45) is -4.60. The highest BCUT2D eigenvalue weighted by atomic mass is 32.1. The second-order valence-corrected chi connectivity index (χ2v) is 7.30. The van der Waals surface area contributed by atoms with Crippen LogP contribution in [-0.2, 0) is 22.2 Å². The lowest BCUT2D eigenvalue weighted by atomic mass is 9.93. The molecule has 1 aromatic heterocycles. The molecule has 3 aromatic rings. The monoisotopic (exact) mass is 419 g/mol. The summed E-state index contributed by atoms with van der Waals surface area (Å²) < 4.78 is 38.0. The molecule has 0 saturated heterocycles. The number of carboxylic acids is 1. The summed E-state index contributed by atoms with van der Waals surface area (Å²) in [7, 11) is 0. The van der Waals surface area contributed by atoms with Gasteiger partial charge >= 0.3 is 12.1 Å². The minimum atomic E-state index is -4.40. The maximum atomic E-state index is 12.7. The summed E-state index contributed by atoms with van der Waals surface area (Å²) in [5.41, 5.74) is 0.799. The molecule has 0 aliphatic rings. The first-order chi connectivity index (χ1) is 13.7. The normalized spacial score (nSPS) is 12.5. The molecule has 0 amide bonds. The zero-order valence-corrected chi connectivity index (χ0v) is 15.8. The van der Waals surface area contributed by atoms with Gasteiger partial charge in [-0.25, -0.2) is 4.98 Å². The molecule has 0 radical (unpaired) electrons. The number of carboxylic acid groups (broad SMARTS) is 1. The lowest BCUT2D eigenvalue weighted by Gasteiger charge is -2.11. The number of aromatic nitrogens is 1. The molecule has 29 heavy (non-hydrogen) atoms. The summed E-state index contributed by atoms with van der Waals surface area (Å²) in [5, 5.41) is 11.6. The Bertz CT molecular complexity index is 998. The van der Waals surface area contributed by atoms with E-state index in [0.29, 0.717) is 21.8 Å². The Balaban J connectivity index is 1.68. The number of ketones is 1. The predicted molar refractivity (Wildman–Crippen MR) is 103 cm³/mol. The van der Waals surface area contributed by atoms with Gasteiger partial charge in [-0.15, -0.1) is 11.3 Å². The standard InChI is InChI=1S/C21H16F3NO3S/c22-21(23,24)15-8-6-14(7-9-15)19-25-16(12-29-19)10-17(26)11-18(20(27)28)13-4-2-1-3-5-13/h1-9,12,18H,10-11H2,(H,27,28)/t18-/m0/s1. The van der Waals surface area contributed by atoms with E-state index >= 15 is 0 Å². The third-order valence-corrected chi connectivity index (χ3v) is 5.26. The SMILES string of the molecule is O=C(Cc1csc(-c2ccc(C(F)(F)F)cc2)n1)C[C@H](C(=O)O)c1ccccc1. The van der Waals surface area contributed by atoms with Crippen molar-refractivity contribution in [2.75, 3.05) is 0 Å². The molecule has 1 heterocycles. The molecular formula is C21H16F3NO3S. The number of alkyl halides is 3. The van der Waals surface area contributed by atoms with Crippen LogP contribution in [0.4, 0.5) is 13.2 Å². The molecule has 0 bridgehead atoms. The fraction of sp³-hybridized carbons (Fsp3) is 0.190. The van der Waals surface area contributed by atoms with Gasteiger partial charge in [0.25, 0.3) is 0 Å². The minimum Gasteiger partial charge on any atom is -0.481 e. The minimum absolute atomic E-state index is 0.0340. The van der Waals surface area contributed by atoms with Gasteiger partial charge in [0.2, 0.25) is 0 Å². The van der Waals surface area contributed by atoms with E-state index in [1.54, 1.807) is 35.7 Å². The third-order valence-electron chi connectivity index (χ3n) is 4.32. The number of halogens is 3. The third kappa shape index (κ3) is 5.29. The van der Waals surface area contributed by atoms with Crippen LogP contribution in [0.15, 0.2) is 60.0 Å². The van der Waals surface area contributed by atoms with Gasteiger partial charge in [0, 0.05) is 23.8 Å². The average Bonchev–Trinajstić information content (AvgIpc) is 3.14. The number of nitrogens with zero attached hydrogens (tertiary/aromatic N) is 1. The van der Waals surface area contributed by atoms with E-state index in [1.165, 1.54) is 23.5 Å². The van der Waals surface area contributed by atoms with Crippen LogP contribution in [0.3, 0.4) is 0 Å². The van der Waals surface area contributed by atoms with E-state index in [4.69, 9.17) is 0 Å². The van der Waals surface area contributed by atoms with Gasteiger partial charge in [-0.1, -0.05) is 42.5 Å². The molecule has 3 rings (SSSR count). The van der Waals surface area contributed by atoms with Crippen molar-refractivity contribution in [1.29, 1.82) is 0 Å². The Morgan fingerprint density at radius 2 is 1.69 bits per heavy atom. The Morgan fingerprint density at radius 3 is 2.28 bits per heavy atom. The van der Waals surface area contributed by atoms with Crippen LogP contribution in [-0.4, -0.2) is 21.8 Å². The molecule has 1 atom stereocenters. The molecule has 0 aliphatic heterocycles. The van der Waals surface area contributed by atoms with Crippen LogP contribution >= 0.6 is 11.3 Å². The molecule has 0 saturated carbocycles. The number of hydrogen-bond acceptors (Lipinski definition) is 4. The summed E-state index contributed by atoms with van der Waals surface area (Å²) in [4.78, 5) is 28.2. The largest absolute Gasteiger partial charge is 0.481 e. The second kappa shape index (κ2) is 8.57. The highest BCUT2D eigenvalue weighted by Crippen LogP contribution is 2.32. The van der Waals surface area contributed by atoms with E-state index in [2.05, 4.69) is 4.98 Å². The number of hydrogen-bond donors (Lipinski definition) is 1. The van der Waals surface area contributed by atoms with Crippen molar-refractivity contribution in [3.05, 3.63) is 76.8 Å². The molecule has 4 nitrogen and oxygen atoms in total. The molecule has 2 aromatic carbocycles. The smallest absolute Gasteiger partial charge is 0.416 e. The van der Waals surface area contributed by atoms with E-state index in [-0.39, 0.29) is 18.6 Å². The number of carbonyl (C=O) groups is 2. The fourth-order valence-corrected chi connectivity index (χ4v) is 3.68. The highest BCUT2D eigenvalue weighted by Gasteiger charge is 2.30. The zero-order chi connectivity index (χ0) is 21.0. The van der Waals surface area contributed by atoms with Crippen LogP contribution in [0.2, 0.25) is 0 Å². The number of carbonyl (C=O) groups excluding carboxylic acids is 1. The average molecular weight is 419 g/mol. The first kappa shape index (κ1) is 20.7. The lowest BCUT2D eigenvalue weighted by Crippen LogP contribution is -2.17. The van der Waals surface area contributed by atoms with Gasteiger partial charge in [0.05, 0.1) is 17.2 Å². The van der Waals surface area contributed by atoms with Crippen molar-refractivity contribution < 1.29 is 27.9 Å². The van der Waals surface area contributed by atoms with E-state index < -0.39 is 23.6 Å². The number of aliphatic carboxylic acids is 1. The van der Waals surface area contributed by atoms with E-state index in [0.717, 1.165) is 12.1 Å². The van der Waals surface area contributed by atoms with Gasteiger partial charge in [-0.05, 0) is 17.7 Å². The van der Waals surface area contributed by atoms with Gasteiger partial charge in [0.1, 0.15) is 10.8 Å². The molecule has 150 valence electrons. The Hall–Kier alpha value is -3.00. The van der Waals surface area contributed by atoms with Crippen LogP contribution in [0.1, 0.15) is 29.2 Å². The first-order valence-electron chi connectivity index (χ1n) is 8.65. The quantitative estimate of drug-likeness (QED) is 0.572. The van der Waals surface area contributed by atoms with Gasteiger partial charge in [-0.2, -0.15) is 13.2 Å². The molecule has 0 spiro atoms. The number of thiazole rings is 1. The molecule has 0 unspecified atom stereocenters. The summed E-state index contributed by atoms with van der Waals surface area (Å²) in [5.74, 6) is -2.28. The molecule has 0 fully saturated rings. The maximum Gasteiger partial charge on any atom is 0.416 e. The molecule has 0 aliphatic carbocycles. The summed E-state index contributed by atoms with van der Waals surface area (Å²) in [6, 6.07) is 13.2. The number of benzene rings is 2. The van der Waals surface area contributed by atoms with Crippen molar-refractivity contribution in [3.8, 4) is 10.6 Å². The number of rotatable bonds is 7. The van der Waals surface area contributed by atoms with E-state index in [9.17, 15) is 27.9 Å². The van der Waals surface area contributed by atoms with Crippen LogP contribution in [0, 0.1) is 0 Å². The predicted octanol–water partition coefficient (Wildman–Crippen LogP) is 5.20. The van der Waals surface area contributed by atoms with Crippen molar-refractivity contribution in [1.82, 2.24) is 4.98 Å². The Kier molecular flexibility index (Phi) is 6.12. The van der Waals surface area contributed by atoms with Crippen LogP contribution < -0.4 is 0 Å².